The van der Waals surface area contributed by atoms with Gasteiger partial charge < -0.3 is 10.6 Å². The Morgan fingerprint density at radius 1 is 1.60 bits per heavy atom. The van der Waals surface area contributed by atoms with E-state index in [4.69, 9.17) is 0 Å². The number of aromatic nitrogens is 1. The number of urea groups is 1. The van der Waals surface area contributed by atoms with Gasteiger partial charge >= 0.3 is 6.03 Å². The average molecular weight is 296 g/mol. The van der Waals surface area contributed by atoms with Gasteiger partial charge in [0.2, 0.25) is 0 Å². The molecule has 0 aromatic carbocycles. The summed E-state index contributed by atoms with van der Waals surface area (Å²) in [5.74, 6) is 0.473. The third kappa shape index (κ3) is 4.18. The van der Waals surface area contributed by atoms with E-state index in [1.165, 1.54) is 4.88 Å². The molecule has 2 atom stereocenters. The SMILES string of the molecule is CCNC(=O)N[C@H]1CCN(Cc2cnc(C)s2)C[C@H]1C. The summed E-state index contributed by atoms with van der Waals surface area (Å²) in [7, 11) is 0. The van der Waals surface area contributed by atoms with Gasteiger partial charge in [0.25, 0.3) is 0 Å². The number of nitrogens with one attached hydrogen (secondary N) is 2. The van der Waals surface area contributed by atoms with Crippen LogP contribution in [-0.4, -0.2) is 41.6 Å². The van der Waals surface area contributed by atoms with Gasteiger partial charge in [0.15, 0.2) is 0 Å². The van der Waals surface area contributed by atoms with Gasteiger partial charge in [-0.25, -0.2) is 9.78 Å². The van der Waals surface area contributed by atoms with Gasteiger partial charge in [-0.3, -0.25) is 4.90 Å². The van der Waals surface area contributed by atoms with Crippen molar-refractivity contribution in [3.05, 3.63) is 16.1 Å². The van der Waals surface area contributed by atoms with Crippen LogP contribution in [0.25, 0.3) is 0 Å². The van der Waals surface area contributed by atoms with Gasteiger partial charge in [0.05, 0.1) is 5.01 Å². The summed E-state index contributed by atoms with van der Waals surface area (Å²) in [6.45, 7) is 9.88. The molecule has 5 nitrogen and oxygen atoms in total. The fourth-order valence-corrected chi connectivity index (χ4v) is 3.51. The number of carbonyl (C=O) groups is 1. The lowest BCUT2D eigenvalue weighted by Gasteiger charge is -2.37. The predicted octanol–water partition coefficient (Wildman–Crippen LogP) is 1.98. The molecule has 1 aliphatic heterocycles. The minimum atomic E-state index is -0.0455. The molecule has 1 aromatic rings. The van der Waals surface area contributed by atoms with E-state index in [1.807, 2.05) is 20.0 Å². The molecule has 0 saturated carbocycles. The van der Waals surface area contributed by atoms with E-state index in [9.17, 15) is 4.79 Å². The highest BCUT2D eigenvalue weighted by atomic mass is 32.1. The lowest BCUT2D eigenvalue weighted by Crippen LogP contribution is -2.52. The Kier molecular flexibility index (Phi) is 5.37. The number of likely N-dealkylation sites (tertiary alicyclic amines) is 1. The molecular weight excluding hydrogens is 272 g/mol. The van der Waals surface area contributed by atoms with Crippen LogP contribution in [0.1, 0.15) is 30.2 Å². The minimum Gasteiger partial charge on any atom is -0.338 e. The third-order valence-electron chi connectivity index (χ3n) is 3.69. The Bertz CT molecular complexity index is 448. The summed E-state index contributed by atoms with van der Waals surface area (Å²) in [6, 6.07) is 0.233. The summed E-state index contributed by atoms with van der Waals surface area (Å²) < 4.78 is 0. The van der Waals surface area contributed by atoms with Crippen molar-refractivity contribution in [2.75, 3.05) is 19.6 Å². The summed E-state index contributed by atoms with van der Waals surface area (Å²) in [5.41, 5.74) is 0. The molecule has 1 aromatic heterocycles. The highest BCUT2D eigenvalue weighted by Gasteiger charge is 2.27. The average Bonchev–Trinajstić information content (AvgIpc) is 2.78. The molecule has 1 fully saturated rings. The van der Waals surface area contributed by atoms with Crippen molar-refractivity contribution in [3.63, 3.8) is 0 Å². The first-order valence-corrected chi connectivity index (χ1v) is 8.08. The number of rotatable bonds is 4. The van der Waals surface area contributed by atoms with E-state index >= 15 is 0 Å². The Morgan fingerprint density at radius 3 is 3.00 bits per heavy atom. The predicted molar refractivity (Wildman–Crippen MR) is 81.9 cm³/mol. The standard InChI is InChI=1S/C14H24N4OS/c1-4-15-14(19)17-13-5-6-18(8-10(13)2)9-12-7-16-11(3)20-12/h7,10,13H,4-6,8-9H2,1-3H3,(H2,15,17,19)/t10-,13+/m1/s1. The Labute approximate surface area is 124 Å². The molecule has 0 bridgehead atoms. The number of hydrogen-bond acceptors (Lipinski definition) is 4. The minimum absolute atomic E-state index is 0.0455. The molecule has 0 radical (unpaired) electrons. The van der Waals surface area contributed by atoms with Gasteiger partial charge in [-0.2, -0.15) is 0 Å². The maximum atomic E-state index is 11.6. The summed E-state index contributed by atoms with van der Waals surface area (Å²) in [5, 5.41) is 6.99. The maximum absolute atomic E-state index is 11.6. The van der Waals surface area contributed by atoms with Crippen LogP contribution in [0.15, 0.2) is 6.20 Å². The van der Waals surface area contributed by atoms with Gasteiger partial charge in [0, 0.05) is 43.3 Å². The van der Waals surface area contributed by atoms with Crippen molar-refractivity contribution in [1.29, 1.82) is 0 Å². The van der Waals surface area contributed by atoms with E-state index in [2.05, 4.69) is 27.4 Å². The highest BCUT2D eigenvalue weighted by molar-refractivity contribution is 7.11. The maximum Gasteiger partial charge on any atom is 0.315 e. The molecule has 1 saturated heterocycles. The lowest BCUT2D eigenvalue weighted by molar-refractivity contribution is 0.143. The van der Waals surface area contributed by atoms with E-state index in [0.29, 0.717) is 12.5 Å². The zero-order valence-corrected chi connectivity index (χ0v) is 13.3. The summed E-state index contributed by atoms with van der Waals surface area (Å²) in [4.78, 5) is 19.7. The van der Waals surface area contributed by atoms with Gasteiger partial charge in [-0.15, -0.1) is 11.3 Å². The number of amides is 2. The van der Waals surface area contributed by atoms with Crippen molar-refractivity contribution in [3.8, 4) is 0 Å². The molecule has 2 amide bonds. The largest absolute Gasteiger partial charge is 0.338 e. The Balaban J connectivity index is 1.81. The Hall–Kier alpha value is -1.14. The normalized spacial score (nSPS) is 23.6. The number of nitrogens with zero attached hydrogens (tertiary/aromatic N) is 2. The topological polar surface area (TPSA) is 57.3 Å². The molecule has 2 N–H and O–H groups in total. The second kappa shape index (κ2) is 7.04. The number of thiazole rings is 1. The molecule has 0 spiro atoms. The van der Waals surface area contributed by atoms with Crippen molar-refractivity contribution < 1.29 is 4.79 Å². The lowest BCUT2D eigenvalue weighted by atomic mass is 9.94. The Morgan fingerprint density at radius 2 is 2.40 bits per heavy atom. The summed E-state index contributed by atoms with van der Waals surface area (Å²) in [6.07, 6.45) is 2.99. The van der Waals surface area contributed by atoms with Gasteiger partial charge in [-0.1, -0.05) is 6.92 Å². The van der Waals surface area contributed by atoms with Crippen LogP contribution in [0, 0.1) is 12.8 Å². The fourth-order valence-electron chi connectivity index (χ4n) is 2.67. The van der Waals surface area contributed by atoms with Crippen molar-refractivity contribution in [2.45, 2.75) is 39.8 Å². The number of piperidine rings is 1. The van der Waals surface area contributed by atoms with Crippen molar-refractivity contribution in [2.24, 2.45) is 5.92 Å². The van der Waals surface area contributed by atoms with Crippen LogP contribution in [0.4, 0.5) is 4.79 Å². The zero-order valence-electron chi connectivity index (χ0n) is 12.5. The molecule has 20 heavy (non-hydrogen) atoms. The van der Waals surface area contributed by atoms with Crippen LogP contribution in [0.3, 0.4) is 0 Å². The van der Waals surface area contributed by atoms with Crippen LogP contribution in [0.2, 0.25) is 0 Å². The van der Waals surface area contributed by atoms with Crippen molar-refractivity contribution in [1.82, 2.24) is 20.5 Å². The van der Waals surface area contributed by atoms with Gasteiger partial charge in [-0.05, 0) is 26.2 Å². The first kappa shape index (κ1) is 15.3. The smallest absolute Gasteiger partial charge is 0.315 e. The molecule has 0 aliphatic carbocycles. The van der Waals surface area contributed by atoms with Crippen LogP contribution in [0.5, 0.6) is 0 Å². The van der Waals surface area contributed by atoms with Gasteiger partial charge in [0.1, 0.15) is 0 Å². The second-order valence-electron chi connectivity index (χ2n) is 5.46. The van der Waals surface area contributed by atoms with Crippen LogP contribution in [-0.2, 0) is 6.54 Å². The number of hydrogen-bond donors (Lipinski definition) is 2. The summed E-state index contributed by atoms with van der Waals surface area (Å²) >= 11 is 1.77. The van der Waals surface area contributed by atoms with E-state index in [-0.39, 0.29) is 12.1 Å². The van der Waals surface area contributed by atoms with Crippen molar-refractivity contribution >= 4 is 17.4 Å². The molecule has 112 valence electrons. The first-order valence-electron chi connectivity index (χ1n) is 7.26. The zero-order chi connectivity index (χ0) is 14.5. The first-order chi connectivity index (χ1) is 9.58. The number of aryl methyl sites for hydroxylation is 1. The molecule has 2 rings (SSSR count). The second-order valence-corrected chi connectivity index (χ2v) is 6.78. The molecular formula is C14H24N4OS. The molecule has 6 heteroatoms. The van der Waals surface area contributed by atoms with E-state index in [1.54, 1.807) is 11.3 Å². The van der Waals surface area contributed by atoms with E-state index in [0.717, 1.165) is 31.1 Å². The van der Waals surface area contributed by atoms with Crippen LogP contribution < -0.4 is 10.6 Å². The monoisotopic (exact) mass is 296 g/mol. The molecule has 2 heterocycles. The molecule has 1 aliphatic rings. The highest BCUT2D eigenvalue weighted by Crippen LogP contribution is 2.21. The fraction of sp³-hybridized carbons (Fsp3) is 0.714. The number of carbonyl (C=O) groups excluding carboxylic acids is 1. The quantitative estimate of drug-likeness (QED) is 0.893. The molecule has 0 unspecified atom stereocenters. The van der Waals surface area contributed by atoms with E-state index < -0.39 is 0 Å². The third-order valence-corrected chi connectivity index (χ3v) is 4.59. The van der Waals surface area contributed by atoms with Crippen LogP contribution >= 0.6 is 11.3 Å².